The first-order valence-corrected chi connectivity index (χ1v) is 9.16. The molecule has 28 heavy (non-hydrogen) atoms. The first-order chi connectivity index (χ1) is 12.8. The van der Waals surface area contributed by atoms with E-state index < -0.39 is 17.6 Å². The van der Waals surface area contributed by atoms with Gasteiger partial charge in [0.15, 0.2) is 5.96 Å². The van der Waals surface area contributed by atoms with Gasteiger partial charge >= 0.3 is 6.18 Å². The van der Waals surface area contributed by atoms with Gasteiger partial charge in [0.1, 0.15) is 5.82 Å². The van der Waals surface area contributed by atoms with E-state index in [1.54, 1.807) is 7.11 Å². The van der Waals surface area contributed by atoms with Crippen molar-refractivity contribution in [3.8, 4) is 0 Å². The van der Waals surface area contributed by atoms with Gasteiger partial charge in [0.2, 0.25) is 0 Å². The molecular formula is C19H28F4IN3O. The van der Waals surface area contributed by atoms with Crippen molar-refractivity contribution >= 4 is 29.9 Å². The quantitative estimate of drug-likeness (QED) is 0.227. The lowest BCUT2D eigenvalue weighted by atomic mass is 9.67. The summed E-state index contributed by atoms with van der Waals surface area (Å²) in [6, 6.07) is 2.67. The molecule has 0 amide bonds. The SMILES string of the molecule is CCNC(=NCc1ccc(F)cc1C(F)(F)F)NCC1(CCOC)CCC1.I. The number of rotatable bonds is 8. The largest absolute Gasteiger partial charge is 0.416 e. The molecule has 0 unspecified atom stereocenters. The Labute approximate surface area is 180 Å². The van der Waals surface area contributed by atoms with Crippen molar-refractivity contribution in [3.63, 3.8) is 0 Å². The van der Waals surface area contributed by atoms with Crippen molar-refractivity contribution in [2.75, 3.05) is 26.8 Å². The normalized spacial score (nSPS) is 16.1. The van der Waals surface area contributed by atoms with Crippen molar-refractivity contribution in [2.45, 2.75) is 45.3 Å². The van der Waals surface area contributed by atoms with Crippen molar-refractivity contribution in [1.29, 1.82) is 0 Å². The van der Waals surface area contributed by atoms with Crippen LogP contribution in [0.2, 0.25) is 0 Å². The monoisotopic (exact) mass is 517 g/mol. The number of nitrogens with zero attached hydrogens (tertiary/aromatic N) is 1. The van der Waals surface area contributed by atoms with E-state index in [0.717, 1.165) is 31.4 Å². The number of aliphatic imine (C=N–C) groups is 1. The molecule has 1 aromatic carbocycles. The Morgan fingerprint density at radius 3 is 2.50 bits per heavy atom. The summed E-state index contributed by atoms with van der Waals surface area (Å²) in [4.78, 5) is 4.27. The summed E-state index contributed by atoms with van der Waals surface area (Å²) in [6.07, 6.45) is -0.317. The molecule has 160 valence electrons. The van der Waals surface area contributed by atoms with Gasteiger partial charge in [-0.2, -0.15) is 13.2 Å². The molecule has 0 radical (unpaired) electrons. The Morgan fingerprint density at radius 1 is 1.25 bits per heavy atom. The predicted octanol–water partition coefficient (Wildman–Crippen LogP) is 4.72. The van der Waals surface area contributed by atoms with Crippen LogP contribution in [0.5, 0.6) is 0 Å². The summed E-state index contributed by atoms with van der Waals surface area (Å²) in [7, 11) is 1.67. The van der Waals surface area contributed by atoms with E-state index in [4.69, 9.17) is 4.74 Å². The Balaban J connectivity index is 0.00000392. The van der Waals surface area contributed by atoms with Crippen LogP contribution >= 0.6 is 24.0 Å². The number of nitrogens with one attached hydrogen (secondary N) is 2. The van der Waals surface area contributed by atoms with Gasteiger partial charge in [-0.15, -0.1) is 24.0 Å². The van der Waals surface area contributed by atoms with Gasteiger partial charge in [-0.1, -0.05) is 12.5 Å². The van der Waals surface area contributed by atoms with Crippen molar-refractivity contribution in [1.82, 2.24) is 10.6 Å². The maximum absolute atomic E-state index is 13.2. The van der Waals surface area contributed by atoms with Crippen molar-refractivity contribution in [2.24, 2.45) is 10.4 Å². The standard InChI is InChI=1S/C19H27F4N3O.HI/c1-3-24-17(26-13-18(7-4-8-18)9-10-27-2)25-12-14-5-6-15(20)11-16(14)19(21,22)23;/h5-6,11H,3-4,7-10,12-13H2,1-2H3,(H2,24,25,26);1H. The number of ether oxygens (including phenoxy) is 1. The van der Waals surface area contributed by atoms with Crippen LogP contribution in [0.1, 0.15) is 43.7 Å². The molecule has 0 bridgehead atoms. The maximum Gasteiger partial charge on any atom is 0.416 e. The third-order valence-corrected chi connectivity index (χ3v) is 5.01. The average molecular weight is 517 g/mol. The molecule has 2 N–H and O–H groups in total. The fraction of sp³-hybridized carbons (Fsp3) is 0.632. The summed E-state index contributed by atoms with van der Waals surface area (Å²) in [6.45, 7) is 3.67. The second-order valence-electron chi connectivity index (χ2n) is 6.94. The molecule has 1 saturated carbocycles. The van der Waals surface area contributed by atoms with Gasteiger partial charge in [-0.25, -0.2) is 9.38 Å². The Kier molecular flexibility index (Phi) is 9.96. The van der Waals surface area contributed by atoms with Crippen molar-refractivity contribution in [3.05, 3.63) is 35.1 Å². The van der Waals surface area contributed by atoms with Gasteiger partial charge in [0, 0.05) is 26.8 Å². The number of alkyl halides is 3. The summed E-state index contributed by atoms with van der Waals surface area (Å²) >= 11 is 0. The van der Waals surface area contributed by atoms with Crippen LogP contribution in [-0.4, -0.2) is 32.8 Å². The Morgan fingerprint density at radius 2 is 1.96 bits per heavy atom. The van der Waals surface area contributed by atoms with E-state index in [0.29, 0.717) is 31.7 Å². The van der Waals surface area contributed by atoms with E-state index in [-0.39, 0.29) is 41.5 Å². The summed E-state index contributed by atoms with van der Waals surface area (Å²) in [5.41, 5.74) is -0.893. The molecule has 0 spiro atoms. The number of methoxy groups -OCH3 is 1. The molecule has 1 aromatic rings. The van der Waals surface area contributed by atoms with Crippen molar-refractivity contribution < 1.29 is 22.3 Å². The highest BCUT2D eigenvalue weighted by atomic mass is 127. The summed E-state index contributed by atoms with van der Waals surface area (Å²) in [5.74, 6) is -0.455. The minimum absolute atomic E-state index is 0. The summed E-state index contributed by atoms with van der Waals surface area (Å²) < 4.78 is 57.8. The Hall–Kier alpha value is -1.10. The van der Waals surface area contributed by atoms with E-state index in [1.165, 1.54) is 6.42 Å². The molecule has 1 aliphatic carbocycles. The number of hydrogen-bond acceptors (Lipinski definition) is 2. The second kappa shape index (κ2) is 11.2. The van der Waals surface area contributed by atoms with Crippen LogP contribution in [0, 0.1) is 11.2 Å². The smallest absolute Gasteiger partial charge is 0.385 e. The minimum Gasteiger partial charge on any atom is -0.385 e. The van der Waals surface area contributed by atoms with Gasteiger partial charge in [0.05, 0.1) is 12.1 Å². The lowest BCUT2D eigenvalue weighted by Gasteiger charge is -2.42. The highest BCUT2D eigenvalue weighted by molar-refractivity contribution is 14.0. The third-order valence-electron chi connectivity index (χ3n) is 5.01. The molecule has 9 heteroatoms. The average Bonchev–Trinajstić information content (AvgIpc) is 2.58. The molecule has 0 saturated heterocycles. The lowest BCUT2D eigenvalue weighted by Crippen LogP contribution is -2.47. The molecule has 0 atom stereocenters. The van der Waals surface area contributed by atoms with Crippen LogP contribution in [0.4, 0.5) is 17.6 Å². The summed E-state index contributed by atoms with van der Waals surface area (Å²) in [5, 5.41) is 6.29. The van der Waals surface area contributed by atoms with Crippen LogP contribution in [-0.2, 0) is 17.5 Å². The third kappa shape index (κ3) is 7.06. The molecule has 0 aliphatic heterocycles. The minimum atomic E-state index is -4.62. The number of benzene rings is 1. The zero-order valence-electron chi connectivity index (χ0n) is 16.2. The van der Waals surface area contributed by atoms with E-state index >= 15 is 0 Å². The fourth-order valence-corrected chi connectivity index (χ4v) is 3.24. The van der Waals surface area contributed by atoms with Crippen LogP contribution in [0.25, 0.3) is 0 Å². The predicted molar refractivity (Wildman–Crippen MR) is 112 cm³/mol. The van der Waals surface area contributed by atoms with Gasteiger partial charge in [-0.05, 0) is 49.3 Å². The highest BCUT2D eigenvalue weighted by Crippen LogP contribution is 2.43. The molecule has 0 aromatic heterocycles. The molecule has 4 nitrogen and oxygen atoms in total. The van der Waals surface area contributed by atoms with E-state index in [2.05, 4.69) is 15.6 Å². The molecule has 1 fully saturated rings. The zero-order valence-corrected chi connectivity index (χ0v) is 18.5. The number of guanidine groups is 1. The first-order valence-electron chi connectivity index (χ1n) is 9.16. The van der Waals surface area contributed by atoms with Crippen LogP contribution in [0.15, 0.2) is 23.2 Å². The highest BCUT2D eigenvalue weighted by Gasteiger charge is 2.36. The molecular weight excluding hydrogens is 489 g/mol. The van der Waals surface area contributed by atoms with E-state index in [9.17, 15) is 17.6 Å². The second-order valence-corrected chi connectivity index (χ2v) is 6.94. The fourth-order valence-electron chi connectivity index (χ4n) is 3.24. The molecule has 0 heterocycles. The maximum atomic E-state index is 13.2. The number of halogens is 5. The van der Waals surface area contributed by atoms with Crippen LogP contribution in [0.3, 0.4) is 0 Å². The zero-order chi connectivity index (χ0) is 19.9. The Bertz CT molecular complexity index is 649. The van der Waals surface area contributed by atoms with Gasteiger partial charge in [-0.3, -0.25) is 0 Å². The number of hydrogen-bond donors (Lipinski definition) is 2. The van der Waals surface area contributed by atoms with Gasteiger partial charge < -0.3 is 15.4 Å². The lowest BCUT2D eigenvalue weighted by molar-refractivity contribution is -0.138. The molecule has 1 aliphatic rings. The first kappa shape index (κ1) is 24.9. The van der Waals surface area contributed by atoms with Gasteiger partial charge in [0.25, 0.3) is 0 Å². The topological polar surface area (TPSA) is 45.7 Å². The van der Waals surface area contributed by atoms with E-state index in [1.807, 2.05) is 6.92 Å². The van der Waals surface area contributed by atoms with Crippen LogP contribution < -0.4 is 10.6 Å². The molecule has 2 rings (SSSR count).